The first-order valence-corrected chi connectivity index (χ1v) is 12.3. The third kappa shape index (κ3) is 3.85. The van der Waals surface area contributed by atoms with Gasteiger partial charge in [-0.1, -0.05) is 53.7 Å². The number of aromatic nitrogens is 4. The van der Waals surface area contributed by atoms with Crippen LogP contribution in [-0.2, 0) is 14.1 Å². The minimum Gasteiger partial charge on any atom is -0.312 e. The molecule has 0 aliphatic heterocycles. The van der Waals surface area contributed by atoms with Crippen LogP contribution in [0.3, 0.4) is 0 Å². The standard InChI is InChI=1S/C26H23ClN4O2S/c1-16(17-7-5-4-6-8-17)31-21-12-10-19(27)14-20(21)28-25(31)34-15-24(32)18-9-11-22-23(13-18)30(3)26(33)29(22)2/h4-14,16H,15H2,1-3H3. The lowest BCUT2D eigenvalue weighted by molar-refractivity contribution is 0.102. The molecular formula is C26H23ClN4O2S. The Bertz CT molecular complexity index is 1600. The molecule has 0 aliphatic rings. The molecule has 0 bridgehead atoms. The lowest BCUT2D eigenvalue weighted by atomic mass is 10.1. The Balaban J connectivity index is 1.48. The first-order valence-electron chi connectivity index (χ1n) is 10.9. The van der Waals surface area contributed by atoms with Gasteiger partial charge in [0, 0.05) is 24.7 Å². The summed E-state index contributed by atoms with van der Waals surface area (Å²) in [5.74, 6) is 0.206. The Labute approximate surface area is 205 Å². The molecule has 1 atom stereocenters. The number of fused-ring (bicyclic) bond motifs is 2. The van der Waals surface area contributed by atoms with Gasteiger partial charge >= 0.3 is 5.69 Å². The van der Waals surface area contributed by atoms with Crippen molar-refractivity contribution in [2.75, 3.05) is 5.75 Å². The van der Waals surface area contributed by atoms with Crippen LogP contribution in [0.5, 0.6) is 0 Å². The molecule has 0 radical (unpaired) electrons. The number of thioether (sulfide) groups is 1. The highest BCUT2D eigenvalue weighted by Gasteiger charge is 2.20. The molecular weight excluding hydrogens is 468 g/mol. The number of hydrogen-bond acceptors (Lipinski definition) is 4. The number of aryl methyl sites for hydroxylation is 2. The molecule has 0 spiro atoms. The number of hydrogen-bond donors (Lipinski definition) is 0. The van der Waals surface area contributed by atoms with Crippen LogP contribution in [0.4, 0.5) is 0 Å². The van der Waals surface area contributed by atoms with E-state index in [2.05, 4.69) is 23.6 Å². The fraction of sp³-hybridized carbons (Fsp3) is 0.192. The van der Waals surface area contributed by atoms with E-state index in [0.29, 0.717) is 10.6 Å². The second-order valence-corrected chi connectivity index (χ2v) is 9.68. The van der Waals surface area contributed by atoms with Gasteiger partial charge in [0.2, 0.25) is 0 Å². The highest BCUT2D eigenvalue weighted by atomic mass is 35.5. The number of nitrogens with zero attached hydrogens (tertiary/aromatic N) is 4. The monoisotopic (exact) mass is 490 g/mol. The van der Waals surface area contributed by atoms with Gasteiger partial charge in [-0.3, -0.25) is 13.9 Å². The zero-order valence-electron chi connectivity index (χ0n) is 19.0. The molecule has 5 rings (SSSR count). The molecule has 5 aromatic rings. The van der Waals surface area contributed by atoms with Gasteiger partial charge in [-0.15, -0.1) is 0 Å². The number of imidazole rings is 2. The summed E-state index contributed by atoms with van der Waals surface area (Å²) in [7, 11) is 3.44. The van der Waals surface area contributed by atoms with Crippen LogP contribution in [0, 0.1) is 0 Å². The summed E-state index contributed by atoms with van der Waals surface area (Å²) in [5.41, 5.74) is 4.91. The summed E-state index contributed by atoms with van der Waals surface area (Å²) in [6, 6.07) is 21.3. The molecule has 3 aromatic carbocycles. The molecule has 0 saturated carbocycles. The van der Waals surface area contributed by atoms with Crippen molar-refractivity contribution in [1.82, 2.24) is 18.7 Å². The van der Waals surface area contributed by atoms with Gasteiger partial charge in [-0.05, 0) is 48.9 Å². The summed E-state index contributed by atoms with van der Waals surface area (Å²) in [6.45, 7) is 2.13. The maximum absolute atomic E-state index is 13.1. The van der Waals surface area contributed by atoms with Crippen LogP contribution in [0.25, 0.3) is 22.1 Å². The topological polar surface area (TPSA) is 61.8 Å². The average molecular weight is 491 g/mol. The summed E-state index contributed by atoms with van der Waals surface area (Å²) in [5, 5.41) is 1.38. The quantitative estimate of drug-likeness (QED) is 0.234. The van der Waals surface area contributed by atoms with E-state index < -0.39 is 0 Å². The van der Waals surface area contributed by atoms with Gasteiger partial charge < -0.3 is 4.57 Å². The maximum Gasteiger partial charge on any atom is 0.328 e. The normalized spacial score (nSPS) is 12.5. The molecule has 6 nitrogen and oxygen atoms in total. The lowest BCUT2D eigenvalue weighted by Gasteiger charge is -2.18. The van der Waals surface area contributed by atoms with Crippen molar-refractivity contribution in [2.24, 2.45) is 14.1 Å². The van der Waals surface area contributed by atoms with Crippen molar-refractivity contribution in [2.45, 2.75) is 18.1 Å². The smallest absolute Gasteiger partial charge is 0.312 e. The van der Waals surface area contributed by atoms with Gasteiger partial charge in [0.05, 0.1) is 33.9 Å². The average Bonchev–Trinajstić information content (AvgIpc) is 3.32. The van der Waals surface area contributed by atoms with Crippen LogP contribution in [0.1, 0.15) is 28.9 Å². The number of carbonyl (C=O) groups excluding carboxylic acids is 1. The molecule has 2 heterocycles. The Hall–Kier alpha value is -3.29. The van der Waals surface area contributed by atoms with Gasteiger partial charge in [-0.2, -0.15) is 0 Å². The largest absolute Gasteiger partial charge is 0.328 e. The third-order valence-corrected chi connectivity index (χ3v) is 7.40. The SMILES string of the molecule is CC(c1ccccc1)n1c(SCC(=O)c2ccc3c(c2)n(C)c(=O)n3C)nc2cc(Cl)ccc21. The molecule has 0 aliphatic carbocycles. The van der Waals surface area contributed by atoms with Gasteiger partial charge in [0.1, 0.15) is 0 Å². The minimum atomic E-state index is -0.115. The van der Waals surface area contributed by atoms with Crippen LogP contribution in [-0.4, -0.2) is 30.2 Å². The van der Waals surface area contributed by atoms with Crippen LogP contribution in [0.15, 0.2) is 76.7 Å². The summed E-state index contributed by atoms with van der Waals surface area (Å²) in [4.78, 5) is 30.1. The zero-order chi connectivity index (χ0) is 24.0. The number of ketones is 1. The van der Waals surface area contributed by atoms with E-state index in [1.807, 2.05) is 42.5 Å². The van der Waals surface area contributed by atoms with Gasteiger partial charge in [0.15, 0.2) is 10.9 Å². The first kappa shape index (κ1) is 22.5. The predicted molar refractivity (Wildman–Crippen MR) is 138 cm³/mol. The van der Waals surface area contributed by atoms with Crippen molar-refractivity contribution < 1.29 is 4.79 Å². The molecule has 0 N–H and O–H groups in total. The molecule has 2 aromatic heterocycles. The van der Waals surface area contributed by atoms with Crippen molar-refractivity contribution in [3.63, 3.8) is 0 Å². The third-order valence-electron chi connectivity index (χ3n) is 6.21. The fourth-order valence-corrected chi connectivity index (χ4v) is 5.45. The molecule has 0 amide bonds. The van der Waals surface area contributed by atoms with E-state index in [-0.39, 0.29) is 23.3 Å². The fourth-order valence-electron chi connectivity index (χ4n) is 4.30. The van der Waals surface area contributed by atoms with Crippen molar-refractivity contribution in [3.8, 4) is 0 Å². The molecule has 1 unspecified atom stereocenters. The highest BCUT2D eigenvalue weighted by Crippen LogP contribution is 2.32. The molecule has 8 heteroatoms. The molecule has 172 valence electrons. The highest BCUT2D eigenvalue weighted by molar-refractivity contribution is 7.99. The van der Waals surface area contributed by atoms with Crippen molar-refractivity contribution >= 4 is 51.2 Å². The Morgan fingerprint density at radius 3 is 2.44 bits per heavy atom. The Morgan fingerprint density at radius 2 is 1.68 bits per heavy atom. The summed E-state index contributed by atoms with van der Waals surface area (Å²) >= 11 is 7.63. The Morgan fingerprint density at radius 1 is 0.971 bits per heavy atom. The van der Waals surface area contributed by atoms with E-state index in [1.165, 1.54) is 11.8 Å². The van der Waals surface area contributed by atoms with Gasteiger partial charge in [0.25, 0.3) is 0 Å². The summed E-state index contributed by atoms with van der Waals surface area (Å²) in [6.07, 6.45) is 0. The van der Waals surface area contributed by atoms with Crippen LogP contribution >= 0.6 is 23.4 Å². The van der Waals surface area contributed by atoms with E-state index in [0.717, 1.165) is 32.8 Å². The second kappa shape index (κ2) is 8.81. The zero-order valence-corrected chi connectivity index (χ0v) is 20.6. The van der Waals surface area contributed by atoms with Gasteiger partial charge in [-0.25, -0.2) is 9.78 Å². The first-order chi connectivity index (χ1) is 16.3. The number of Topliss-reactive ketones (excluding diaryl/α,β-unsaturated/α-hetero) is 1. The van der Waals surface area contributed by atoms with E-state index in [4.69, 9.17) is 16.6 Å². The number of rotatable bonds is 6. The molecule has 0 fully saturated rings. The minimum absolute atomic E-state index is 0.0211. The number of benzene rings is 3. The predicted octanol–water partition coefficient (Wildman–Crippen LogP) is 5.46. The van der Waals surface area contributed by atoms with E-state index in [1.54, 1.807) is 35.4 Å². The number of carbonyl (C=O) groups is 1. The number of halogens is 1. The van der Waals surface area contributed by atoms with Crippen LogP contribution < -0.4 is 5.69 Å². The molecule has 34 heavy (non-hydrogen) atoms. The maximum atomic E-state index is 13.1. The Kier molecular flexibility index (Phi) is 5.83. The summed E-state index contributed by atoms with van der Waals surface area (Å²) < 4.78 is 5.30. The van der Waals surface area contributed by atoms with Crippen LogP contribution in [0.2, 0.25) is 5.02 Å². The van der Waals surface area contributed by atoms with Crippen molar-refractivity contribution in [3.05, 3.63) is 93.4 Å². The molecule has 0 saturated heterocycles. The van der Waals surface area contributed by atoms with E-state index in [9.17, 15) is 9.59 Å². The van der Waals surface area contributed by atoms with E-state index >= 15 is 0 Å². The van der Waals surface area contributed by atoms with Crippen molar-refractivity contribution in [1.29, 1.82) is 0 Å². The second-order valence-electron chi connectivity index (χ2n) is 8.30. The lowest BCUT2D eigenvalue weighted by Crippen LogP contribution is -2.19.